The van der Waals surface area contributed by atoms with E-state index in [1.807, 2.05) is 13.8 Å². The Morgan fingerprint density at radius 2 is 1.42 bits per heavy atom. The van der Waals surface area contributed by atoms with Crippen LogP contribution in [0.25, 0.3) is 0 Å². The number of hydrogen-bond donors (Lipinski definition) is 3. The fourth-order valence-corrected chi connectivity index (χ4v) is 5.15. The zero-order chi connectivity index (χ0) is 23.9. The molecule has 0 fully saturated rings. The first-order valence-electron chi connectivity index (χ1n) is 10.4. The Bertz CT molecular complexity index is 1210. The molecule has 0 aromatic carbocycles. The lowest BCUT2D eigenvalue weighted by molar-refractivity contribution is 0.0916. The van der Waals surface area contributed by atoms with E-state index in [1.165, 1.54) is 22.7 Å². The summed E-state index contributed by atoms with van der Waals surface area (Å²) in [4.78, 5) is 51.6. The molecule has 0 saturated heterocycles. The number of amides is 3. The number of thiazole rings is 2. The third kappa shape index (κ3) is 4.67. The quantitative estimate of drug-likeness (QED) is 0.477. The zero-order valence-corrected chi connectivity index (χ0v) is 20.4. The smallest absolute Gasteiger partial charge is 0.274 e. The fourth-order valence-electron chi connectivity index (χ4n) is 3.33. The summed E-state index contributed by atoms with van der Waals surface area (Å²) in [7, 11) is 0. The summed E-state index contributed by atoms with van der Waals surface area (Å²) in [5, 5.41) is 13.1. The maximum absolute atomic E-state index is 13.0. The molecule has 3 aromatic heterocycles. The molecule has 174 valence electrons. The number of aromatic nitrogens is 3. The van der Waals surface area contributed by atoms with Gasteiger partial charge in [-0.2, -0.15) is 0 Å². The van der Waals surface area contributed by atoms with E-state index in [2.05, 4.69) is 30.9 Å². The topological polar surface area (TPSA) is 139 Å². The van der Waals surface area contributed by atoms with Gasteiger partial charge in [-0.3, -0.25) is 14.4 Å². The van der Waals surface area contributed by atoms with Gasteiger partial charge >= 0.3 is 0 Å². The molecule has 0 aliphatic carbocycles. The van der Waals surface area contributed by atoms with E-state index < -0.39 is 29.9 Å². The number of nitrogens with one attached hydrogen (secondary N) is 3. The minimum Gasteiger partial charge on any atom is -0.443 e. The molecule has 6 bridgehead atoms. The van der Waals surface area contributed by atoms with Gasteiger partial charge in [0.15, 0.2) is 5.69 Å². The van der Waals surface area contributed by atoms with Crippen LogP contribution in [-0.4, -0.2) is 32.7 Å². The number of hydrogen-bond acceptors (Lipinski definition) is 9. The number of oxazole rings is 1. The summed E-state index contributed by atoms with van der Waals surface area (Å²) in [6, 6.07) is -1.41. The molecule has 3 amide bonds. The van der Waals surface area contributed by atoms with Crippen LogP contribution in [0.1, 0.15) is 99.0 Å². The molecule has 12 heteroatoms. The predicted octanol–water partition coefficient (Wildman–Crippen LogP) is 3.32. The standard InChI is InChI=1S/C21H24N6O4S2/c1-8(2)14-21-25-13(7-33-21)17(29)23-10(4)20-24-12(6-32-20)16(28)22-9(3)19-27-15(11(5)31-19)18(30)26-14/h6-10,14H,1-5H3,(H,22,28)(H,23,29)(H,26,30)/t9-,10-,14-/m1/s1. The molecule has 1 aliphatic rings. The Morgan fingerprint density at radius 3 is 2.06 bits per heavy atom. The van der Waals surface area contributed by atoms with Gasteiger partial charge in [0.25, 0.3) is 17.7 Å². The number of rotatable bonds is 1. The van der Waals surface area contributed by atoms with Crippen molar-refractivity contribution in [2.24, 2.45) is 5.92 Å². The van der Waals surface area contributed by atoms with Crippen LogP contribution in [0.2, 0.25) is 0 Å². The van der Waals surface area contributed by atoms with E-state index >= 15 is 0 Å². The Labute approximate surface area is 198 Å². The van der Waals surface area contributed by atoms with Crippen LogP contribution in [0.5, 0.6) is 0 Å². The maximum atomic E-state index is 13.0. The highest BCUT2D eigenvalue weighted by atomic mass is 32.1. The number of aryl methyl sites for hydroxylation is 1. The third-order valence-electron chi connectivity index (χ3n) is 5.19. The fraction of sp³-hybridized carbons (Fsp3) is 0.429. The monoisotopic (exact) mass is 488 g/mol. The van der Waals surface area contributed by atoms with E-state index in [0.29, 0.717) is 15.8 Å². The van der Waals surface area contributed by atoms with E-state index in [0.717, 1.165) is 0 Å². The minimum atomic E-state index is -0.582. The molecule has 0 saturated carbocycles. The second-order valence-corrected chi connectivity index (χ2v) is 9.96. The summed E-state index contributed by atoms with van der Waals surface area (Å²) in [5.74, 6) is -0.602. The Kier molecular flexibility index (Phi) is 6.30. The molecule has 3 N–H and O–H groups in total. The van der Waals surface area contributed by atoms with E-state index in [-0.39, 0.29) is 34.8 Å². The van der Waals surface area contributed by atoms with Crippen LogP contribution in [0.15, 0.2) is 15.2 Å². The highest BCUT2D eigenvalue weighted by Gasteiger charge is 2.28. The van der Waals surface area contributed by atoms with Gasteiger partial charge in [-0.05, 0) is 26.7 Å². The van der Waals surface area contributed by atoms with E-state index in [1.54, 1.807) is 31.5 Å². The molecule has 0 spiro atoms. The average molecular weight is 489 g/mol. The second kappa shape index (κ2) is 9.02. The van der Waals surface area contributed by atoms with Gasteiger partial charge in [0, 0.05) is 10.8 Å². The van der Waals surface area contributed by atoms with Crippen molar-refractivity contribution in [1.82, 2.24) is 30.9 Å². The Morgan fingerprint density at radius 1 is 0.848 bits per heavy atom. The molecule has 1 aliphatic heterocycles. The van der Waals surface area contributed by atoms with E-state index in [9.17, 15) is 14.4 Å². The lowest BCUT2D eigenvalue weighted by Crippen LogP contribution is -2.33. The first-order chi connectivity index (χ1) is 15.6. The molecule has 4 rings (SSSR count). The summed E-state index contributed by atoms with van der Waals surface area (Å²) >= 11 is 2.58. The maximum Gasteiger partial charge on any atom is 0.274 e. The second-order valence-electron chi connectivity index (χ2n) is 8.18. The number of carbonyl (C=O) groups excluding carboxylic acids is 3. The van der Waals surface area contributed by atoms with Crippen molar-refractivity contribution in [3.8, 4) is 0 Å². The van der Waals surface area contributed by atoms with Gasteiger partial charge in [-0.25, -0.2) is 15.0 Å². The first-order valence-corrected chi connectivity index (χ1v) is 12.2. The van der Waals surface area contributed by atoms with Crippen molar-refractivity contribution in [2.45, 2.75) is 52.7 Å². The molecule has 10 nitrogen and oxygen atoms in total. The summed E-state index contributed by atoms with van der Waals surface area (Å²) in [5.41, 5.74) is 0.615. The normalized spacial score (nSPS) is 21.8. The van der Waals surface area contributed by atoms with Crippen LogP contribution < -0.4 is 16.0 Å². The molecule has 3 aromatic rings. The molecule has 33 heavy (non-hydrogen) atoms. The van der Waals surface area contributed by atoms with Crippen LogP contribution >= 0.6 is 22.7 Å². The predicted molar refractivity (Wildman–Crippen MR) is 122 cm³/mol. The summed E-state index contributed by atoms with van der Waals surface area (Å²) in [6.07, 6.45) is 0. The van der Waals surface area contributed by atoms with Gasteiger partial charge in [-0.1, -0.05) is 13.8 Å². The number of nitrogens with zero attached hydrogens (tertiary/aromatic N) is 3. The van der Waals surface area contributed by atoms with Crippen molar-refractivity contribution in [3.63, 3.8) is 0 Å². The molecule has 3 atom stereocenters. The van der Waals surface area contributed by atoms with Gasteiger partial charge < -0.3 is 20.4 Å². The minimum absolute atomic E-state index is 0.0131. The van der Waals surface area contributed by atoms with Crippen molar-refractivity contribution >= 4 is 40.4 Å². The van der Waals surface area contributed by atoms with Gasteiger partial charge in [0.2, 0.25) is 5.89 Å². The van der Waals surface area contributed by atoms with Gasteiger partial charge in [-0.15, -0.1) is 22.7 Å². The first kappa shape index (κ1) is 23.1. The molecular weight excluding hydrogens is 464 g/mol. The highest BCUT2D eigenvalue weighted by Crippen LogP contribution is 2.27. The Hall–Kier alpha value is -3.12. The number of fused-ring (bicyclic) bond motifs is 6. The zero-order valence-electron chi connectivity index (χ0n) is 18.8. The van der Waals surface area contributed by atoms with Crippen LogP contribution in [0.3, 0.4) is 0 Å². The van der Waals surface area contributed by atoms with Gasteiger partial charge in [0.05, 0.1) is 12.1 Å². The number of carbonyl (C=O) groups is 3. The lowest BCUT2D eigenvalue weighted by Gasteiger charge is -2.19. The molecule has 4 heterocycles. The summed E-state index contributed by atoms with van der Waals surface area (Å²) in [6.45, 7) is 9.07. The SMILES string of the molecule is Cc1oc2nc1C(=O)N[C@H](C(C)C)c1nc(cs1)C(=O)N[C@H](C)c1nc(cs1)C(=O)N[C@@H]2C. The van der Waals surface area contributed by atoms with Crippen LogP contribution in [0.4, 0.5) is 0 Å². The molecular formula is C21H24N6O4S2. The average Bonchev–Trinajstić information content (AvgIpc) is 3.50. The van der Waals surface area contributed by atoms with Crippen molar-refractivity contribution in [2.75, 3.05) is 0 Å². The largest absolute Gasteiger partial charge is 0.443 e. The van der Waals surface area contributed by atoms with Crippen molar-refractivity contribution in [1.29, 1.82) is 0 Å². The summed E-state index contributed by atoms with van der Waals surface area (Å²) < 4.78 is 5.68. The Balaban J connectivity index is 1.75. The molecule has 0 radical (unpaired) electrons. The highest BCUT2D eigenvalue weighted by molar-refractivity contribution is 7.10. The van der Waals surface area contributed by atoms with Crippen LogP contribution in [-0.2, 0) is 0 Å². The van der Waals surface area contributed by atoms with Gasteiger partial charge in [0.1, 0.15) is 33.2 Å². The third-order valence-corrected chi connectivity index (χ3v) is 7.15. The van der Waals surface area contributed by atoms with Crippen molar-refractivity contribution in [3.05, 3.63) is 49.5 Å². The van der Waals surface area contributed by atoms with Crippen molar-refractivity contribution < 1.29 is 18.8 Å². The molecule has 0 unspecified atom stereocenters. The lowest BCUT2D eigenvalue weighted by atomic mass is 10.0. The van der Waals surface area contributed by atoms with E-state index in [4.69, 9.17) is 4.42 Å². The van der Waals surface area contributed by atoms with Crippen LogP contribution in [0, 0.1) is 12.8 Å².